The minimum atomic E-state index is -0.831. The number of unbranched alkanes of at least 4 members (excludes halogenated alkanes) is 21. The molecule has 0 N–H and O–H groups in total. The molecule has 0 aromatic carbocycles. The summed E-state index contributed by atoms with van der Waals surface area (Å²) in [6.45, 7) is 6.21. The van der Waals surface area contributed by atoms with Gasteiger partial charge in [-0.3, -0.25) is 14.4 Å². The van der Waals surface area contributed by atoms with E-state index < -0.39 is 6.10 Å². The molecule has 456 valence electrons. The molecule has 6 heteroatoms. The maximum atomic E-state index is 12.9. The van der Waals surface area contributed by atoms with Gasteiger partial charge in [0.05, 0.1) is 0 Å². The Morgan fingerprint density at radius 3 is 0.778 bits per heavy atom. The number of hydrogen-bond acceptors (Lipinski definition) is 6. The number of ether oxygens (including phenoxy) is 3. The molecule has 6 nitrogen and oxygen atoms in total. The van der Waals surface area contributed by atoms with Crippen molar-refractivity contribution in [3.8, 4) is 0 Å². The van der Waals surface area contributed by atoms with E-state index in [-0.39, 0.29) is 44.0 Å². The molecule has 0 aromatic heterocycles. The highest BCUT2D eigenvalue weighted by Crippen LogP contribution is 2.16. The molecule has 0 fully saturated rings. The third-order valence-electron chi connectivity index (χ3n) is 13.5. The molecule has 0 aromatic rings. The van der Waals surface area contributed by atoms with E-state index in [1.165, 1.54) is 103 Å². The molecule has 81 heavy (non-hydrogen) atoms. The van der Waals surface area contributed by atoms with Crippen LogP contribution in [0.4, 0.5) is 0 Å². The summed E-state index contributed by atoms with van der Waals surface area (Å²) in [7, 11) is 0. The highest BCUT2D eigenvalue weighted by atomic mass is 16.6. The van der Waals surface area contributed by atoms with E-state index in [9.17, 15) is 14.4 Å². The fourth-order valence-corrected chi connectivity index (χ4v) is 8.71. The third kappa shape index (κ3) is 65.7. The molecular weight excluding hydrogens is 997 g/mol. The molecule has 0 heterocycles. The van der Waals surface area contributed by atoms with Gasteiger partial charge in [-0.15, -0.1) is 0 Å². The van der Waals surface area contributed by atoms with E-state index in [1.807, 2.05) is 12.2 Å². The zero-order valence-electron chi connectivity index (χ0n) is 52.2. The lowest BCUT2D eigenvalue weighted by Gasteiger charge is -2.18. The average molecular weight is 1120 g/mol. The molecule has 0 saturated heterocycles. The third-order valence-corrected chi connectivity index (χ3v) is 13.5. The van der Waals surface area contributed by atoms with Crippen LogP contribution in [0, 0.1) is 0 Å². The minimum absolute atomic E-state index is 0.118. The van der Waals surface area contributed by atoms with Crippen LogP contribution in [0.15, 0.2) is 158 Å². The highest BCUT2D eigenvalue weighted by Gasteiger charge is 2.19. The van der Waals surface area contributed by atoms with Crippen LogP contribution in [0.1, 0.15) is 278 Å². The van der Waals surface area contributed by atoms with E-state index >= 15 is 0 Å². The first-order chi connectivity index (χ1) is 40.0. The van der Waals surface area contributed by atoms with E-state index in [4.69, 9.17) is 14.2 Å². The zero-order chi connectivity index (χ0) is 58.5. The monoisotopic (exact) mass is 1120 g/mol. The number of allylic oxidation sites excluding steroid dienone is 26. The maximum absolute atomic E-state index is 12.9. The molecule has 0 amide bonds. The Bertz CT molecular complexity index is 1810. The Morgan fingerprint density at radius 2 is 0.469 bits per heavy atom. The first-order valence-electron chi connectivity index (χ1n) is 33.0. The number of carbonyl (C=O) groups is 3. The molecule has 1 unspecified atom stereocenters. The van der Waals surface area contributed by atoms with Gasteiger partial charge in [0.2, 0.25) is 0 Å². The quantitative estimate of drug-likeness (QED) is 0.0261. The lowest BCUT2D eigenvalue weighted by molar-refractivity contribution is -0.166. The SMILES string of the molecule is CC/C=C\C/C=C\C/C=C\C/C=C\C/C=C\CCCCCC(=O)OC(COC(=O)CC/C=C\C/C=C\C/C=C\C/C=C\CC)COC(=O)CCCCCCCCCCCCCCCCCCCC/C=C\C/C=C\C/C=C\C/C=C\CC. The van der Waals surface area contributed by atoms with Gasteiger partial charge in [0.15, 0.2) is 6.10 Å². The predicted octanol–water partition coefficient (Wildman–Crippen LogP) is 22.9. The van der Waals surface area contributed by atoms with Crippen molar-refractivity contribution in [2.75, 3.05) is 13.2 Å². The largest absolute Gasteiger partial charge is 0.462 e. The summed E-state index contributed by atoms with van der Waals surface area (Å²) >= 11 is 0. The van der Waals surface area contributed by atoms with Crippen molar-refractivity contribution in [3.63, 3.8) is 0 Å². The number of hydrogen-bond donors (Lipinski definition) is 0. The summed E-state index contributed by atoms with van der Waals surface area (Å²) in [5, 5.41) is 0. The molecule has 0 bridgehead atoms. The van der Waals surface area contributed by atoms with Crippen molar-refractivity contribution in [1.82, 2.24) is 0 Å². The second kappa shape index (κ2) is 67.5. The first-order valence-corrected chi connectivity index (χ1v) is 33.0. The summed E-state index contributed by atoms with van der Waals surface area (Å²) in [5.41, 5.74) is 0. The number of rotatable bonds is 58. The molecule has 1 atom stereocenters. The Balaban J connectivity index is 4.31. The van der Waals surface area contributed by atoms with Crippen LogP contribution < -0.4 is 0 Å². The lowest BCUT2D eigenvalue weighted by atomic mass is 10.0. The fraction of sp³-hybridized carbons (Fsp3) is 0.613. The highest BCUT2D eigenvalue weighted by molar-refractivity contribution is 5.71. The predicted molar refractivity (Wildman–Crippen MR) is 352 cm³/mol. The maximum Gasteiger partial charge on any atom is 0.306 e. The van der Waals surface area contributed by atoms with Crippen LogP contribution in [-0.2, 0) is 28.6 Å². The van der Waals surface area contributed by atoms with Crippen molar-refractivity contribution < 1.29 is 28.6 Å². The molecule has 0 aliphatic heterocycles. The smallest absolute Gasteiger partial charge is 0.306 e. The zero-order valence-corrected chi connectivity index (χ0v) is 52.2. The van der Waals surface area contributed by atoms with Crippen LogP contribution in [-0.4, -0.2) is 37.2 Å². The van der Waals surface area contributed by atoms with Gasteiger partial charge in [-0.05, 0) is 128 Å². The molecule has 0 aliphatic rings. The Labute approximate surface area is 499 Å². The summed E-state index contributed by atoms with van der Waals surface area (Å²) < 4.78 is 16.8. The Hall–Kier alpha value is -4.97. The van der Waals surface area contributed by atoms with Crippen molar-refractivity contribution in [1.29, 1.82) is 0 Å². The van der Waals surface area contributed by atoms with Crippen LogP contribution in [0.5, 0.6) is 0 Å². The van der Waals surface area contributed by atoms with Crippen molar-refractivity contribution in [3.05, 3.63) is 158 Å². The minimum Gasteiger partial charge on any atom is -0.462 e. The van der Waals surface area contributed by atoms with E-state index in [1.54, 1.807) is 0 Å². The van der Waals surface area contributed by atoms with Gasteiger partial charge in [-0.2, -0.15) is 0 Å². The average Bonchev–Trinajstić information content (AvgIpc) is 3.46. The fourth-order valence-electron chi connectivity index (χ4n) is 8.71. The second-order valence-electron chi connectivity index (χ2n) is 21.2. The van der Waals surface area contributed by atoms with Crippen LogP contribution in [0.2, 0.25) is 0 Å². The van der Waals surface area contributed by atoms with Crippen LogP contribution in [0.25, 0.3) is 0 Å². The van der Waals surface area contributed by atoms with E-state index in [0.717, 1.165) is 122 Å². The molecule has 0 aliphatic carbocycles. The van der Waals surface area contributed by atoms with Gasteiger partial charge in [0.25, 0.3) is 0 Å². The van der Waals surface area contributed by atoms with Crippen molar-refractivity contribution in [2.45, 2.75) is 284 Å². The topological polar surface area (TPSA) is 78.9 Å². The lowest BCUT2D eigenvalue weighted by Crippen LogP contribution is -2.30. The summed E-state index contributed by atoms with van der Waals surface area (Å²) in [5.74, 6) is -1.04. The van der Waals surface area contributed by atoms with Gasteiger partial charge in [-0.25, -0.2) is 0 Å². The molecule has 0 spiro atoms. The summed E-state index contributed by atoms with van der Waals surface area (Å²) in [6.07, 6.45) is 98.6. The summed E-state index contributed by atoms with van der Waals surface area (Å²) in [4.78, 5) is 38.3. The van der Waals surface area contributed by atoms with Gasteiger partial charge in [0.1, 0.15) is 13.2 Å². The van der Waals surface area contributed by atoms with E-state index in [2.05, 4.69) is 167 Å². The van der Waals surface area contributed by atoms with Crippen molar-refractivity contribution >= 4 is 17.9 Å². The Kier molecular flexibility index (Phi) is 63.4. The first kappa shape index (κ1) is 76.0. The molecule has 0 rings (SSSR count). The van der Waals surface area contributed by atoms with Crippen molar-refractivity contribution in [2.24, 2.45) is 0 Å². The number of carbonyl (C=O) groups excluding carboxylic acids is 3. The second-order valence-corrected chi connectivity index (χ2v) is 21.2. The summed E-state index contributed by atoms with van der Waals surface area (Å²) in [6, 6.07) is 0. The normalized spacial score (nSPS) is 13.2. The van der Waals surface area contributed by atoms with Gasteiger partial charge >= 0.3 is 17.9 Å². The standard InChI is InChI=1S/C75H120O6/c1-4-7-10-13-16-19-22-25-27-29-31-32-33-34-35-36-37-38-39-40-41-42-44-45-47-50-53-56-59-62-65-68-74(77)80-71-72(70-79-73(76)67-64-61-58-55-52-49-24-21-18-15-12-9-6-3)81-75(78)69-66-63-60-57-54-51-48-46-43-30-28-26-23-20-17-14-11-8-5-2/h7-12,16-21,25-28,31-32,43,46,49,51-52,54,58,61,72H,4-6,13-15,22-24,29-30,33-42,44-45,47-48,50,53,55-57,59-60,62-71H2,1-3H3/b10-7-,11-8-,12-9-,19-16-,20-17-,21-18-,27-25-,28-26-,32-31-,46-43-,52-49-,54-51-,61-58-. The molecule has 0 radical (unpaired) electrons. The van der Waals surface area contributed by atoms with Gasteiger partial charge in [-0.1, -0.05) is 288 Å². The van der Waals surface area contributed by atoms with Crippen LogP contribution >= 0.6 is 0 Å². The molecule has 0 saturated carbocycles. The molecular formula is C75H120O6. The number of esters is 3. The van der Waals surface area contributed by atoms with Crippen LogP contribution in [0.3, 0.4) is 0 Å². The van der Waals surface area contributed by atoms with E-state index in [0.29, 0.717) is 19.3 Å². The van der Waals surface area contributed by atoms with Gasteiger partial charge < -0.3 is 14.2 Å². The Morgan fingerprint density at radius 1 is 0.247 bits per heavy atom. The van der Waals surface area contributed by atoms with Gasteiger partial charge in [0, 0.05) is 19.3 Å².